The molecule has 3 heterocycles. The topological polar surface area (TPSA) is 172 Å². The molecule has 0 aromatic heterocycles. The summed E-state index contributed by atoms with van der Waals surface area (Å²) in [6.45, 7) is 63.9. The van der Waals surface area contributed by atoms with Crippen molar-refractivity contribution >= 4 is 41.4 Å². The molecule has 18 rings (SSSR count). The molecule has 0 radical (unpaired) electrons. The highest BCUT2D eigenvalue weighted by Gasteiger charge is 2.43. The third-order valence-electron chi connectivity index (χ3n) is 20.6. The van der Waals surface area contributed by atoms with Gasteiger partial charge in [0.15, 0.2) is 0 Å². The molecule has 134 heavy (non-hydrogen) atoms. The Kier molecular flexibility index (Phi) is 74.6. The fourth-order valence-corrected chi connectivity index (χ4v) is 14.9. The first kappa shape index (κ1) is 129. The standard InChI is InChI=1S/C51H48O7.C21H18O2.C9H8O.C6H6O.C3H5ClO.15C2H6.HI/c52-43(29-53-44-17-9-39(10-18-44)50(25-35-5-1-2-6-36(35)26-50)41-13-21-46(22-14-41)55-31-48-33-57-48)30-54-45-19-11-40(12-20-45)51(27-37-7-3-4-8-38(37)28-51)42-15-23-47(24-16-42)56-32-49-34-58-49;22-19-9-5-17(6-10-19)21(18-7-11-20(23)12-8-18)13-15-3-1-2-4-16(15)14-21;10-9-5-7-3-1-2-4-8(7)6-9;7-6-4-2-1-3-5-6;4-1-3-2-5-3;15*1-2;/h1-24,43,48-49,52H,25-34H2;1-12,22-23H,13-14H2;1-4H,5-6H2;1-5,7H;3H,1-2H2;15*1-2H3;1H. The van der Waals surface area contributed by atoms with E-state index in [2.05, 4.69) is 146 Å². The first-order valence-corrected chi connectivity index (χ1v) is 51.1. The van der Waals surface area contributed by atoms with Gasteiger partial charge in [0.25, 0.3) is 0 Å². The van der Waals surface area contributed by atoms with Crippen LogP contribution >= 0.6 is 35.6 Å². The molecule has 0 bridgehead atoms. The first-order valence-electron chi connectivity index (χ1n) is 50.5. The number of ketones is 1. The molecular formula is C120H176ClIO12. The van der Waals surface area contributed by atoms with E-state index in [4.69, 9.17) is 49.9 Å². The predicted molar refractivity (Wildman–Crippen MR) is 586 cm³/mol. The van der Waals surface area contributed by atoms with Gasteiger partial charge in [-0.3, -0.25) is 4.79 Å². The molecule has 0 spiro atoms. The van der Waals surface area contributed by atoms with Crippen molar-refractivity contribution in [2.45, 2.75) is 300 Å². The minimum absolute atomic E-state index is 0. The van der Waals surface area contributed by atoms with Crippen molar-refractivity contribution in [3.05, 3.63) is 351 Å². The molecule has 12 nitrogen and oxygen atoms in total. The number of aliphatic hydroxyl groups is 1. The molecule has 3 fully saturated rings. The van der Waals surface area contributed by atoms with Crippen molar-refractivity contribution in [1.82, 2.24) is 0 Å². The average Bonchev–Trinajstić information content (AvgIpc) is 1.59. The van der Waals surface area contributed by atoms with E-state index < -0.39 is 6.10 Å². The van der Waals surface area contributed by atoms with Gasteiger partial charge in [-0.25, -0.2) is 0 Å². The number of para-hydroxylation sites is 1. The van der Waals surface area contributed by atoms with Gasteiger partial charge < -0.3 is 53.6 Å². The van der Waals surface area contributed by atoms with Crippen molar-refractivity contribution < 1.29 is 58.4 Å². The van der Waals surface area contributed by atoms with E-state index in [9.17, 15) is 20.1 Å². The van der Waals surface area contributed by atoms with Gasteiger partial charge in [-0.1, -0.05) is 396 Å². The predicted octanol–water partition coefficient (Wildman–Crippen LogP) is 31.8. The van der Waals surface area contributed by atoms with Crippen molar-refractivity contribution in [3.8, 4) is 40.2 Å². The zero-order valence-corrected chi connectivity index (χ0v) is 91.0. The Balaban J connectivity index is -0.00000185. The number of phenolic OH excluding ortho intramolecular Hbond substituents is 3. The van der Waals surface area contributed by atoms with E-state index in [1.807, 2.05) is 287 Å². The van der Waals surface area contributed by atoms with Gasteiger partial charge in [-0.05, 0) is 201 Å². The van der Waals surface area contributed by atoms with Crippen LogP contribution in [0.3, 0.4) is 0 Å². The summed E-state index contributed by atoms with van der Waals surface area (Å²) in [5.41, 5.74) is 17.5. The fraction of sp³-hybridized carbons (Fsp3) is 0.442. The van der Waals surface area contributed by atoms with Crippen LogP contribution in [0.5, 0.6) is 40.2 Å². The summed E-state index contributed by atoms with van der Waals surface area (Å²) in [7, 11) is 0. The number of hydrogen-bond acceptors (Lipinski definition) is 12. The van der Waals surface area contributed by atoms with Crippen LogP contribution in [-0.4, -0.2) is 103 Å². The number of carbonyl (C=O) groups is 1. The zero-order chi connectivity index (χ0) is 101. The summed E-state index contributed by atoms with van der Waals surface area (Å²) in [6, 6.07) is 91.7. The molecule has 14 heteroatoms. The largest absolute Gasteiger partial charge is 0.508 e. The molecule has 3 aliphatic heterocycles. The first-order chi connectivity index (χ1) is 65.4. The third kappa shape index (κ3) is 42.0. The van der Waals surface area contributed by atoms with Gasteiger partial charge in [0.2, 0.25) is 0 Å². The molecule has 3 unspecified atom stereocenters. The highest BCUT2D eigenvalue weighted by atomic mass is 127. The van der Waals surface area contributed by atoms with Crippen molar-refractivity contribution in [1.29, 1.82) is 0 Å². The van der Waals surface area contributed by atoms with Crippen LogP contribution in [0.25, 0.3) is 0 Å². The summed E-state index contributed by atoms with van der Waals surface area (Å²) in [6.07, 6.45) is 6.89. The van der Waals surface area contributed by atoms with Crippen molar-refractivity contribution in [2.75, 3.05) is 52.1 Å². The number of fused-ring (bicyclic) bond motifs is 4. The smallest absolute Gasteiger partial charge is 0.141 e. The lowest BCUT2D eigenvalue weighted by atomic mass is 9.72. The molecule has 3 saturated heterocycles. The molecule has 4 N–H and O–H groups in total. The lowest BCUT2D eigenvalue weighted by Gasteiger charge is -2.31. The number of phenols is 3. The average molecular weight is 1970 g/mol. The Morgan fingerprint density at radius 1 is 0.276 bits per heavy atom. The van der Waals surface area contributed by atoms with Gasteiger partial charge in [0, 0.05) is 29.1 Å². The van der Waals surface area contributed by atoms with E-state index in [1.165, 1.54) is 77.9 Å². The number of rotatable bonds is 19. The molecule has 11 aromatic rings. The second kappa shape index (κ2) is 77.7. The normalized spacial score (nSPS) is 14.7. The van der Waals surface area contributed by atoms with Gasteiger partial charge in [-0.15, -0.1) is 35.6 Å². The summed E-state index contributed by atoms with van der Waals surface area (Å²) in [4.78, 5) is 10.9. The van der Waals surface area contributed by atoms with Crippen LogP contribution in [0.15, 0.2) is 273 Å². The molecule has 11 aromatic carbocycles. The summed E-state index contributed by atoms with van der Waals surface area (Å²) in [5.74, 6) is 5.05. The van der Waals surface area contributed by atoms with Crippen LogP contribution < -0.4 is 18.9 Å². The Morgan fingerprint density at radius 3 is 0.649 bits per heavy atom. The third-order valence-corrected chi connectivity index (χ3v) is 20.9. The second-order valence-electron chi connectivity index (χ2n) is 27.7. The number of hydrogen-bond donors (Lipinski definition) is 4. The lowest BCUT2D eigenvalue weighted by Crippen LogP contribution is -2.29. The molecule has 0 amide bonds. The van der Waals surface area contributed by atoms with E-state index in [1.54, 1.807) is 48.5 Å². The Hall–Kier alpha value is -9.45. The zero-order valence-electron chi connectivity index (χ0n) is 87.9. The second-order valence-corrected chi connectivity index (χ2v) is 28.0. The summed E-state index contributed by atoms with van der Waals surface area (Å²) < 4.78 is 39.4. The van der Waals surface area contributed by atoms with Crippen LogP contribution in [0.4, 0.5) is 0 Å². The van der Waals surface area contributed by atoms with Crippen LogP contribution in [0, 0.1) is 0 Å². The van der Waals surface area contributed by atoms with E-state index in [0.29, 0.717) is 61.1 Å². The highest BCUT2D eigenvalue weighted by Crippen LogP contribution is 2.49. The Morgan fingerprint density at radius 2 is 0.463 bits per heavy atom. The fourth-order valence-electron chi connectivity index (χ4n) is 14.7. The van der Waals surface area contributed by atoms with Crippen LogP contribution in [0.2, 0.25) is 0 Å². The number of epoxide rings is 3. The molecule has 3 atom stereocenters. The highest BCUT2D eigenvalue weighted by molar-refractivity contribution is 14.0. The number of alkyl halides is 1. The molecule has 742 valence electrons. The maximum absolute atomic E-state index is 10.9. The number of carbonyl (C=O) groups excluding carboxylic acids is 1. The van der Waals surface area contributed by atoms with E-state index in [0.717, 1.165) is 69.8 Å². The minimum Gasteiger partial charge on any atom is -0.508 e. The number of ether oxygens (including phenoxy) is 7. The van der Waals surface area contributed by atoms with Crippen LogP contribution in [-0.2, 0) is 86.6 Å². The number of halogens is 2. The molecule has 4 aliphatic carbocycles. The van der Waals surface area contributed by atoms with Crippen molar-refractivity contribution in [3.63, 3.8) is 0 Å². The van der Waals surface area contributed by atoms with Crippen LogP contribution in [0.1, 0.15) is 286 Å². The Labute approximate surface area is 836 Å². The van der Waals surface area contributed by atoms with Gasteiger partial charge in [-0.2, -0.15) is 0 Å². The number of aliphatic hydroxyl groups excluding tert-OH is 1. The maximum Gasteiger partial charge on any atom is 0.141 e. The van der Waals surface area contributed by atoms with Gasteiger partial charge in [0.05, 0.1) is 31.8 Å². The Bertz CT molecular complexity index is 4290. The summed E-state index contributed by atoms with van der Waals surface area (Å²) in [5, 5.41) is 38.8. The molecule has 0 saturated carbocycles. The summed E-state index contributed by atoms with van der Waals surface area (Å²) >= 11 is 5.27. The maximum atomic E-state index is 10.9. The number of benzene rings is 11. The monoisotopic (exact) mass is 1970 g/mol. The lowest BCUT2D eigenvalue weighted by molar-refractivity contribution is -0.117. The minimum atomic E-state index is -0.801. The van der Waals surface area contributed by atoms with E-state index in [-0.39, 0.29) is 77.1 Å². The molecule has 7 aliphatic rings. The SMILES string of the molecule is CC.CC.CC.CC.CC.CC.CC.CC.CC.CC.CC.CC.CC.CC.CC.ClCC1CO1.I.O=C1Cc2ccccc2C1.OC(COc1ccc(C2(c3ccc(OCC4CO4)cc3)Cc3ccccc3C2)cc1)COc1ccc(C2(c3ccc(OCC4CO4)cc3)Cc3ccccc3C2)cc1.Oc1ccc(C2(c3ccc(O)cc3)Cc3ccccc3C2)cc1.Oc1ccccc1. The van der Waals surface area contributed by atoms with Crippen molar-refractivity contribution in [2.24, 2.45) is 0 Å². The number of Topliss-reactive ketones (excluding diaryl/α,β-unsaturated/α-hetero) is 1. The van der Waals surface area contributed by atoms with Gasteiger partial charge >= 0.3 is 0 Å². The quantitative estimate of drug-likeness (QED) is 0.0343. The number of aromatic hydroxyl groups is 3. The van der Waals surface area contributed by atoms with E-state index >= 15 is 0 Å². The molecular weight excluding hydrogens is 1800 g/mol. The van der Waals surface area contributed by atoms with Gasteiger partial charge in [0.1, 0.15) is 90.8 Å².